The Balaban J connectivity index is 2.30. The first kappa shape index (κ1) is 16.9. The second-order valence-electron chi connectivity index (χ2n) is 5.57. The van der Waals surface area contributed by atoms with Crippen molar-refractivity contribution in [2.75, 3.05) is 7.11 Å². The summed E-state index contributed by atoms with van der Waals surface area (Å²) in [6.07, 6.45) is 4.24. The van der Waals surface area contributed by atoms with Gasteiger partial charge in [-0.3, -0.25) is 4.79 Å². The van der Waals surface area contributed by atoms with Gasteiger partial charge in [-0.2, -0.15) is 0 Å². The van der Waals surface area contributed by atoms with E-state index in [2.05, 4.69) is 0 Å². The lowest BCUT2D eigenvalue weighted by Crippen LogP contribution is -2.07. The predicted molar refractivity (Wildman–Crippen MR) is 82.8 cm³/mol. The molecule has 2 N–H and O–H groups in total. The molecule has 1 aromatic carbocycles. The number of fused-ring (bicyclic) bond motifs is 1. The van der Waals surface area contributed by atoms with Crippen LogP contribution in [0.4, 0.5) is 0 Å². The number of allylic oxidation sites excluding steroid dienone is 2. The molecule has 1 aliphatic rings. The van der Waals surface area contributed by atoms with Crippen molar-refractivity contribution in [1.82, 2.24) is 0 Å². The molecule has 0 amide bonds. The molecule has 1 aliphatic heterocycles. The number of esters is 1. The Bertz CT molecular complexity index is 674. The number of aromatic hydroxyl groups is 1. The number of cyclic esters (lactones) is 1. The lowest BCUT2D eigenvalue weighted by molar-refractivity contribution is -0.140. The largest absolute Gasteiger partial charge is 0.507 e. The predicted octanol–water partition coefficient (Wildman–Crippen LogP) is 2.59. The molecule has 0 saturated heterocycles. The van der Waals surface area contributed by atoms with E-state index in [4.69, 9.17) is 14.6 Å². The first-order chi connectivity index (χ1) is 10.9. The van der Waals surface area contributed by atoms with Crippen LogP contribution in [0.5, 0.6) is 11.5 Å². The van der Waals surface area contributed by atoms with E-state index in [0.717, 1.165) is 5.56 Å². The zero-order valence-electron chi connectivity index (χ0n) is 13.4. The van der Waals surface area contributed by atoms with Crippen molar-refractivity contribution in [3.05, 3.63) is 34.4 Å². The molecule has 1 heterocycles. The summed E-state index contributed by atoms with van der Waals surface area (Å²) in [6.45, 7) is 3.58. The van der Waals surface area contributed by atoms with Crippen LogP contribution >= 0.6 is 0 Å². The van der Waals surface area contributed by atoms with Crippen molar-refractivity contribution in [3.8, 4) is 11.5 Å². The monoisotopic (exact) mass is 320 g/mol. The van der Waals surface area contributed by atoms with Gasteiger partial charge in [0.1, 0.15) is 23.7 Å². The Morgan fingerprint density at radius 2 is 2.13 bits per heavy atom. The van der Waals surface area contributed by atoms with E-state index in [1.54, 1.807) is 19.1 Å². The molecule has 6 heteroatoms. The van der Waals surface area contributed by atoms with Crippen molar-refractivity contribution < 1.29 is 29.3 Å². The molecule has 0 spiro atoms. The number of methoxy groups -OCH3 is 1. The number of ether oxygens (including phenoxy) is 2. The smallest absolute Gasteiger partial charge is 0.342 e. The summed E-state index contributed by atoms with van der Waals surface area (Å²) in [5, 5.41) is 19.3. The molecular weight excluding hydrogens is 300 g/mol. The Hall–Kier alpha value is -2.50. The highest BCUT2D eigenvalue weighted by Crippen LogP contribution is 2.41. The molecule has 0 fully saturated rings. The number of carbonyl (C=O) groups is 2. The maximum Gasteiger partial charge on any atom is 0.342 e. The summed E-state index contributed by atoms with van der Waals surface area (Å²) in [6, 6.07) is 0. The number of carboxylic acids is 1. The lowest BCUT2D eigenvalue weighted by atomic mass is 9.95. The Kier molecular flexibility index (Phi) is 4.93. The van der Waals surface area contributed by atoms with E-state index in [-0.39, 0.29) is 17.9 Å². The molecule has 124 valence electrons. The lowest BCUT2D eigenvalue weighted by Gasteiger charge is -2.15. The highest BCUT2D eigenvalue weighted by atomic mass is 16.5. The average Bonchev–Trinajstić information content (AvgIpc) is 2.90. The fourth-order valence-electron chi connectivity index (χ4n) is 2.63. The molecule has 23 heavy (non-hydrogen) atoms. The molecular formula is C17H20O6. The van der Waals surface area contributed by atoms with Crippen molar-refractivity contribution in [1.29, 1.82) is 0 Å². The van der Waals surface area contributed by atoms with Crippen LogP contribution in [-0.2, 0) is 22.6 Å². The normalized spacial score (nSPS) is 14.7. The molecule has 0 aromatic heterocycles. The van der Waals surface area contributed by atoms with Gasteiger partial charge in [0, 0.05) is 11.1 Å². The van der Waals surface area contributed by atoms with E-state index in [1.165, 1.54) is 7.11 Å². The van der Waals surface area contributed by atoms with Crippen LogP contribution in [0.2, 0.25) is 0 Å². The van der Waals surface area contributed by atoms with Gasteiger partial charge in [-0.25, -0.2) is 4.79 Å². The first-order valence-corrected chi connectivity index (χ1v) is 7.34. The van der Waals surface area contributed by atoms with Crippen LogP contribution in [0.3, 0.4) is 0 Å². The molecule has 6 nitrogen and oxygen atoms in total. The minimum atomic E-state index is -0.855. The molecule has 1 unspecified atom stereocenters. The van der Waals surface area contributed by atoms with Crippen molar-refractivity contribution in [2.24, 2.45) is 5.92 Å². The SMILES string of the molecule is COc1c(C)c2c(c(O)c1CC=CCC(C)C(=O)O)C(=O)OC2. The van der Waals surface area contributed by atoms with Gasteiger partial charge in [0.2, 0.25) is 0 Å². The number of hydrogen-bond acceptors (Lipinski definition) is 5. The Morgan fingerprint density at radius 1 is 1.43 bits per heavy atom. The van der Waals surface area contributed by atoms with E-state index in [1.807, 2.05) is 6.92 Å². The summed E-state index contributed by atoms with van der Waals surface area (Å²) in [5.41, 5.74) is 2.12. The second-order valence-corrected chi connectivity index (χ2v) is 5.57. The van der Waals surface area contributed by atoms with E-state index in [9.17, 15) is 14.7 Å². The summed E-state index contributed by atoms with van der Waals surface area (Å²) in [4.78, 5) is 22.6. The van der Waals surface area contributed by atoms with Gasteiger partial charge in [0.25, 0.3) is 0 Å². The third kappa shape index (κ3) is 3.16. The summed E-state index contributed by atoms with van der Waals surface area (Å²) < 4.78 is 10.4. The maximum absolute atomic E-state index is 11.8. The van der Waals surface area contributed by atoms with Gasteiger partial charge in [-0.15, -0.1) is 0 Å². The summed E-state index contributed by atoms with van der Waals surface area (Å²) in [7, 11) is 1.51. The van der Waals surface area contributed by atoms with Gasteiger partial charge in [-0.05, 0) is 25.3 Å². The minimum Gasteiger partial charge on any atom is -0.507 e. The molecule has 1 aromatic rings. The highest BCUT2D eigenvalue weighted by molar-refractivity contribution is 5.98. The molecule has 0 saturated carbocycles. The van der Waals surface area contributed by atoms with Crippen LogP contribution in [0.25, 0.3) is 0 Å². The summed E-state index contributed by atoms with van der Waals surface area (Å²) >= 11 is 0. The maximum atomic E-state index is 11.8. The number of carboxylic acid groups (broad SMARTS) is 1. The quantitative estimate of drug-likeness (QED) is 0.618. The third-order valence-corrected chi connectivity index (χ3v) is 4.05. The summed E-state index contributed by atoms with van der Waals surface area (Å²) in [5.74, 6) is -1.46. The van der Waals surface area contributed by atoms with E-state index >= 15 is 0 Å². The molecule has 0 radical (unpaired) electrons. The molecule has 0 bridgehead atoms. The van der Waals surface area contributed by atoms with Crippen molar-refractivity contribution >= 4 is 11.9 Å². The number of phenolic OH excluding ortho intramolecular Hbond substituents is 1. The van der Waals surface area contributed by atoms with Crippen LogP contribution < -0.4 is 4.74 Å². The van der Waals surface area contributed by atoms with Crippen LogP contribution in [-0.4, -0.2) is 29.3 Å². The van der Waals surface area contributed by atoms with Gasteiger partial charge < -0.3 is 19.7 Å². The van der Waals surface area contributed by atoms with Gasteiger partial charge in [0.15, 0.2) is 0 Å². The number of carbonyl (C=O) groups excluding carboxylic acids is 1. The number of hydrogen-bond donors (Lipinski definition) is 2. The number of benzene rings is 1. The molecule has 0 aliphatic carbocycles. The third-order valence-electron chi connectivity index (χ3n) is 4.05. The number of rotatable bonds is 6. The molecule has 1 atom stereocenters. The topological polar surface area (TPSA) is 93.1 Å². The standard InChI is InChI=1S/C17H20O6/c1-9(16(19)20)6-4-5-7-11-14(18)13-12(8-23-17(13)21)10(2)15(11)22-3/h4-5,9,18H,6-8H2,1-3H3,(H,19,20). The van der Waals surface area contributed by atoms with Gasteiger partial charge >= 0.3 is 11.9 Å². The van der Waals surface area contributed by atoms with Crippen molar-refractivity contribution in [2.45, 2.75) is 33.3 Å². The van der Waals surface area contributed by atoms with E-state index < -0.39 is 17.9 Å². The van der Waals surface area contributed by atoms with E-state index in [0.29, 0.717) is 29.7 Å². The second kappa shape index (κ2) is 6.73. The Morgan fingerprint density at radius 3 is 2.74 bits per heavy atom. The minimum absolute atomic E-state index is 0.124. The zero-order valence-corrected chi connectivity index (χ0v) is 13.4. The first-order valence-electron chi connectivity index (χ1n) is 7.34. The zero-order chi connectivity index (χ0) is 17.1. The number of aliphatic carboxylic acids is 1. The van der Waals surface area contributed by atoms with Crippen LogP contribution in [0.15, 0.2) is 12.2 Å². The fraction of sp³-hybridized carbons (Fsp3) is 0.412. The molecule has 2 rings (SSSR count). The fourth-order valence-corrected chi connectivity index (χ4v) is 2.63. The van der Waals surface area contributed by atoms with Gasteiger partial charge in [-0.1, -0.05) is 19.1 Å². The average molecular weight is 320 g/mol. The van der Waals surface area contributed by atoms with Crippen molar-refractivity contribution in [3.63, 3.8) is 0 Å². The van der Waals surface area contributed by atoms with Crippen LogP contribution in [0, 0.1) is 12.8 Å². The Labute approximate surface area is 134 Å². The van der Waals surface area contributed by atoms with Gasteiger partial charge in [0.05, 0.1) is 13.0 Å². The van der Waals surface area contributed by atoms with Crippen LogP contribution in [0.1, 0.15) is 40.4 Å². The highest BCUT2D eigenvalue weighted by Gasteiger charge is 2.31. The number of phenols is 1.